The van der Waals surface area contributed by atoms with Crippen LogP contribution in [0.2, 0.25) is 0 Å². The Balaban J connectivity index is 1.30. The summed E-state index contributed by atoms with van der Waals surface area (Å²) in [5, 5.41) is 0. The maximum Gasteiger partial charge on any atom is 0.316 e. The van der Waals surface area contributed by atoms with Crippen molar-refractivity contribution in [1.82, 2.24) is 0 Å². The average Bonchev–Trinajstić information content (AvgIpc) is 3.41. The molecule has 2 aromatic rings. The lowest BCUT2D eigenvalue weighted by Gasteiger charge is -2.23. The van der Waals surface area contributed by atoms with Gasteiger partial charge in [-0.05, 0) is 67.5 Å². The second-order valence-electron chi connectivity index (χ2n) is 10.4. The van der Waals surface area contributed by atoms with E-state index in [9.17, 15) is 19.2 Å². The van der Waals surface area contributed by atoms with Crippen LogP contribution in [-0.2, 0) is 32.0 Å². The normalized spacial score (nSPS) is 23.5. The number of rotatable bonds is 6. The number of carbonyl (C=O) groups is 4. The molecule has 0 spiro atoms. The number of ether oxygens (including phenoxy) is 1. The number of benzene rings is 2. The molecule has 0 bridgehead atoms. The van der Waals surface area contributed by atoms with Gasteiger partial charge in [-0.2, -0.15) is 0 Å². The van der Waals surface area contributed by atoms with Gasteiger partial charge in [0.15, 0.2) is 0 Å². The third-order valence-corrected chi connectivity index (χ3v) is 8.16. The number of hydrogen-bond donors (Lipinski definition) is 0. The van der Waals surface area contributed by atoms with E-state index in [0.717, 1.165) is 55.3 Å². The summed E-state index contributed by atoms with van der Waals surface area (Å²) in [7, 11) is 0. The molecule has 5 rings (SSSR count). The molecule has 0 N–H and O–H groups in total. The first-order valence-corrected chi connectivity index (χ1v) is 13.4. The summed E-state index contributed by atoms with van der Waals surface area (Å²) >= 11 is 0. The van der Waals surface area contributed by atoms with Crippen LogP contribution in [0.1, 0.15) is 62.6 Å². The zero-order valence-electron chi connectivity index (χ0n) is 21.8. The number of nitrogens with zero attached hydrogens (tertiary/aromatic N) is 2. The Morgan fingerprint density at radius 2 is 1.57 bits per heavy atom. The smallest absolute Gasteiger partial charge is 0.316 e. The van der Waals surface area contributed by atoms with Crippen LogP contribution >= 0.6 is 0 Å². The molecule has 3 atom stereocenters. The van der Waals surface area contributed by atoms with Crippen molar-refractivity contribution in [2.45, 2.75) is 65.7 Å². The van der Waals surface area contributed by atoms with E-state index in [-0.39, 0.29) is 42.5 Å². The van der Waals surface area contributed by atoms with Crippen LogP contribution in [0, 0.1) is 24.7 Å². The zero-order valence-corrected chi connectivity index (χ0v) is 21.8. The van der Waals surface area contributed by atoms with Crippen molar-refractivity contribution in [3.63, 3.8) is 0 Å². The number of esters is 1. The Kier molecular flexibility index (Phi) is 6.88. The molecule has 194 valence electrons. The summed E-state index contributed by atoms with van der Waals surface area (Å²) < 4.78 is 5.68. The van der Waals surface area contributed by atoms with Gasteiger partial charge < -0.3 is 9.64 Å². The Bertz CT molecular complexity index is 1220. The molecular weight excluding hydrogens is 468 g/mol. The minimum Gasteiger partial charge on any atom is -0.426 e. The lowest BCUT2D eigenvalue weighted by molar-refractivity contribution is -0.139. The van der Waals surface area contributed by atoms with Crippen molar-refractivity contribution in [2.75, 3.05) is 16.3 Å². The monoisotopic (exact) mass is 502 g/mol. The van der Waals surface area contributed by atoms with Crippen LogP contribution in [0.5, 0.6) is 5.75 Å². The maximum atomic E-state index is 13.1. The fourth-order valence-electron chi connectivity index (χ4n) is 6.18. The number of amides is 3. The molecule has 7 heteroatoms. The molecule has 37 heavy (non-hydrogen) atoms. The molecular formula is C30H34N2O5. The van der Waals surface area contributed by atoms with E-state index in [1.807, 2.05) is 25.1 Å². The van der Waals surface area contributed by atoms with Crippen LogP contribution in [0.25, 0.3) is 0 Å². The molecule has 0 unspecified atom stereocenters. The van der Waals surface area contributed by atoms with Crippen molar-refractivity contribution in [3.05, 3.63) is 53.1 Å². The molecule has 0 radical (unpaired) electrons. The van der Waals surface area contributed by atoms with Gasteiger partial charge in [0.05, 0.1) is 23.4 Å². The Hall–Kier alpha value is -3.48. The van der Waals surface area contributed by atoms with Crippen LogP contribution in [-0.4, -0.2) is 30.2 Å². The second-order valence-corrected chi connectivity index (χ2v) is 10.4. The molecule has 3 aliphatic rings. The second kappa shape index (κ2) is 10.1. The van der Waals surface area contributed by atoms with Gasteiger partial charge in [-0.15, -0.1) is 0 Å². The molecule has 2 aromatic carbocycles. The van der Waals surface area contributed by atoms with Gasteiger partial charge in [0.25, 0.3) is 0 Å². The summed E-state index contributed by atoms with van der Waals surface area (Å²) in [6, 6.07) is 11.1. The van der Waals surface area contributed by atoms with Crippen molar-refractivity contribution < 1.29 is 23.9 Å². The van der Waals surface area contributed by atoms with E-state index >= 15 is 0 Å². The topological polar surface area (TPSA) is 84.0 Å². The summed E-state index contributed by atoms with van der Waals surface area (Å²) in [6.07, 6.45) is 5.20. The standard InChI is InChI=1S/C30H34N2O5/c1-4-19-9-8-10-20(5-2)27(19)31-17-21(16-26(31)33)30(36)37-22-13-14-25(18(3)15-22)32-28(34)23-11-6-7-12-24(23)29(32)35/h8-10,13-15,21,23-24H,4-7,11-12,16-17H2,1-3H3/t21-,23-,24+/m1/s1. The number of hydrogen-bond acceptors (Lipinski definition) is 5. The first kappa shape index (κ1) is 25.2. The van der Waals surface area contributed by atoms with E-state index in [2.05, 4.69) is 13.8 Å². The first-order valence-electron chi connectivity index (χ1n) is 13.4. The molecule has 1 saturated carbocycles. The molecule has 2 saturated heterocycles. The van der Waals surface area contributed by atoms with E-state index < -0.39 is 11.9 Å². The molecule has 0 aromatic heterocycles. The maximum absolute atomic E-state index is 13.1. The molecule has 7 nitrogen and oxygen atoms in total. The van der Waals surface area contributed by atoms with Gasteiger partial charge in [-0.1, -0.05) is 44.9 Å². The number of carbonyl (C=O) groups excluding carboxylic acids is 4. The minimum absolute atomic E-state index is 0.0726. The van der Waals surface area contributed by atoms with Gasteiger partial charge in [0, 0.05) is 18.7 Å². The van der Waals surface area contributed by atoms with Crippen molar-refractivity contribution in [1.29, 1.82) is 0 Å². The quantitative estimate of drug-likeness (QED) is 0.323. The number of aryl methyl sites for hydroxylation is 3. The summed E-state index contributed by atoms with van der Waals surface area (Å²) in [5.41, 5.74) is 4.36. The highest BCUT2D eigenvalue weighted by Crippen LogP contribution is 2.41. The number of para-hydroxylation sites is 1. The van der Waals surface area contributed by atoms with Crippen molar-refractivity contribution in [3.8, 4) is 5.75 Å². The van der Waals surface area contributed by atoms with Gasteiger partial charge in [-0.25, -0.2) is 4.90 Å². The number of anilines is 2. The van der Waals surface area contributed by atoms with Gasteiger partial charge in [0.1, 0.15) is 5.75 Å². The van der Waals surface area contributed by atoms with Crippen molar-refractivity contribution in [2.24, 2.45) is 17.8 Å². The van der Waals surface area contributed by atoms with Crippen LogP contribution in [0.15, 0.2) is 36.4 Å². The third kappa shape index (κ3) is 4.45. The van der Waals surface area contributed by atoms with Gasteiger partial charge in [-0.3, -0.25) is 19.2 Å². The molecule has 2 heterocycles. The Labute approximate surface area is 217 Å². The fraction of sp³-hybridized carbons (Fsp3) is 0.467. The zero-order chi connectivity index (χ0) is 26.3. The van der Waals surface area contributed by atoms with E-state index in [1.165, 1.54) is 4.90 Å². The lowest BCUT2D eigenvalue weighted by Crippen LogP contribution is -2.31. The Morgan fingerprint density at radius 3 is 2.14 bits per heavy atom. The predicted molar refractivity (Wildman–Crippen MR) is 140 cm³/mol. The van der Waals surface area contributed by atoms with E-state index in [0.29, 0.717) is 17.0 Å². The number of fused-ring (bicyclic) bond motifs is 1. The first-order chi connectivity index (χ1) is 17.8. The van der Waals surface area contributed by atoms with E-state index in [1.54, 1.807) is 23.1 Å². The molecule has 2 aliphatic heterocycles. The molecule has 1 aliphatic carbocycles. The van der Waals surface area contributed by atoms with Crippen LogP contribution in [0.3, 0.4) is 0 Å². The van der Waals surface area contributed by atoms with E-state index in [4.69, 9.17) is 4.74 Å². The summed E-state index contributed by atoms with van der Waals surface area (Å²) in [5.74, 6) is -1.41. The highest BCUT2D eigenvalue weighted by Gasteiger charge is 2.49. The lowest BCUT2D eigenvalue weighted by atomic mass is 9.81. The minimum atomic E-state index is -0.563. The highest BCUT2D eigenvalue weighted by atomic mass is 16.5. The average molecular weight is 503 g/mol. The molecule has 3 fully saturated rings. The van der Waals surface area contributed by atoms with Crippen LogP contribution < -0.4 is 14.5 Å². The van der Waals surface area contributed by atoms with Crippen LogP contribution in [0.4, 0.5) is 11.4 Å². The highest BCUT2D eigenvalue weighted by molar-refractivity contribution is 6.22. The fourth-order valence-corrected chi connectivity index (χ4v) is 6.18. The van der Waals surface area contributed by atoms with Gasteiger partial charge >= 0.3 is 5.97 Å². The summed E-state index contributed by atoms with van der Waals surface area (Å²) in [4.78, 5) is 55.0. The Morgan fingerprint density at radius 1 is 0.946 bits per heavy atom. The largest absolute Gasteiger partial charge is 0.426 e. The molecule has 3 amide bonds. The summed E-state index contributed by atoms with van der Waals surface area (Å²) in [6.45, 7) is 6.23. The SMILES string of the molecule is CCc1cccc(CC)c1N1C[C@H](C(=O)Oc2ccc(N3C(=O)[C@H]4CCCC[C@H]4C3=O)c(C)c2)CC1=O. The van der Waals surface area contributed by atoms with Crippen molar-refractivity contribution >= 4 is 35.1 Å². The number of imide groups is 1. The van der Waals surface area contributed by atoms with Gasteiger partial charge in [0.2, 0.25) is 17.7 Å². The predicted octanol–water partition coefficient (Wildman–Crippen LogP) is 4.76. The third-order valence-electron chi connectivity index (χ3n) is 8.16.